The molecule has 3 nitrogen and oxygen atoms in total. The summed E-state index contributed by atoms with van der Waals surface area (Å²) in [6.07, 6.45) is 0.461. The molecule has 0 radical (unpaired) electrons. The lowest BCUT2D eigenvalue weighted by atomic mass is 10.0. The van der Waals surface area contributed by atoms with E-state index in [0.29, 0.717) is 19.5 Å². The Balaban J connectivity index is 1.71. The van der Waals surface area contributed by atoms with Gasteiger partial charge < -0.3 is 4.90 Å². The Bertz CT molecular complexity index is 714. The highest BCUT2D eigenvalue weighted by atomic mass is 32.2. The van der Waals surface area contributed by atoms with E-state index in [4.69, 9.17) is 0 Å². The van der Waals surface area contributed by atoms with Crippen LogP contribution in [0.5, 0.6) is 0 Å². The zero-order valence-electron chi connectivity index (χ0n) is 13.1. The molecule has 0 N–H and O–H groups in total. The molecule has 4 heteroatoms. The maximum absolute atomic E-state index is 12.1. The molecule has 1 aliphatic rings. The minimum absolute atomic E-state index is 0.0794. The van der Waals surface area contributed by atoms with Crippen molar-refractivity contribution in [3.05, 3.63) is 60.2 Å². The average Bonchev–Trinajstić information content (AvgIpc) is 2.87. The highest BCUT2D eigenvalue weighted by Crippen LogP contribution is 2.26. The van der Waals surface area contributed by atoms with E-state index < -0.39 is 0 Å². The van der Waals surface area contributed by atoms with Crippen LogP contribution in [0.4, 0.5) is 0 Å². The second kappa shape index (κ2) is 7.01. The van der Waals surface area contributed by atoms with E-state index in [9.17, 15) is 9.59 Å². The number of amides is 1. The minimum Gasteiger partial charge on any atom is -0.337 e. The summed E-state index contributed by atoms with van der Waals surface area (Å²) in [5.41, 5.74) is 3.45. The van der Waals surface area contributed by atoms with E-state index in [-0.39, 0.29) is 16.3 Å². The average molecular weight is 325 g/mol. The zero-order valence-corrected chi connectivity index (χ0v) is 13.9. The number of benzene rings is 2. The highest BCUT2D eigenvalue weighted by molar-refractivity contribution is 8.14. The van der Waals surface area contributed by atoms with Gasteiger partial charge in [0.2, 0.25) is 5.91 Å². The van der Waals surface area contributed by atoms with Crippen LogP contribution in [0.25, 0.3) is 11.1 Å². The van der Waals surface area contributed by atoms with Crippen molar-refractivity contribution in [1.82, 2.24) is 4.90 Å². The SMILES string of the molecule is CC(=O)SC1CC(=O)N(Cc2cccc(-c3ccccc3)c2)C1. The number of carbonyl (C=O) groups excluding carboxylic acids is 2. The van der Waals surface area contributed by atoms with E-state index >= 15 is 0 Å². The number of carbonyl (C=O) groups is 2. The number of hydrogen-bond donors (Lipinski definition) is 0. The van der Waals surface area contributed by atoms with Crippen LogP contribution in [0.15, 0.2) is 54.6 Å². The van der Waals surface area contributed by atoms with E-state index in [1.807, 2.05) is 35.2 Å². The fraction of sp³-hybridized carbons (Fsp3) is 0.263. The van der Waals surface area contributed by atoms with Crippen molar-refractivity contribution in [2.24, 2.45) is 0 Å². The largest absolute Gasteiger partial charge is 0.337 e. The molecule has 0 saturated carbocycles. The molecule has 1 aliphatic heterocycles. The van der Waals surface area contributed by atoms with Crippen LogP contribution in [0.1, 0.15) is 18.9 Å². The van der Waals surface area contributed by atoms with Gasteiger partial charge in [-0.1, -0.05) is 60.3 Å². The molecule has 0 spiro atoms. The van der Waals surface area contributed by atoms with E-state index in [1.165, 1.54) is 17.3 Å². The molecule has 1 atom stereocenters. The monoisotopic (exact) mass is 325 g/mol. The quantitative estimate of drug-likeness (QED) is 0.859. The molecular formula is C19H19NO2S. The first kappa shape index (κ1) is 15.8. The van der Waals surface area contributed by atoms with Gasteiger partial charge in [-0.3, -0.25) is 9.59 Å². The molecule has 2 aromatic carbocycles. The van der Waals surface area contributed by atoms with E-state index in [0.717, 1.165) is 11.1 Å². The summed E-state index contributed by atoms with van der Waals surface area (Å²) < 4.78 is 0. The summed E-state index contributed by atoms with van der Waals surface area (Å²) >= 11 is 1.28. The molecule has 118 valence electrons. The van der Waals surface area contributed by atoms with Crippen molar-refractivity contribution < 1.29 is 9.59 Å². The second-order valence-corrected chi connectivity index (χ2v) is 7.25. The first-order chi connectivity index (χ1) is 11.1. The normalized spacial score (nSPS) is 17.5. The number of likely N-dealkylation sites (tertiary alicyclic amines) is 1. The smallest absolute Gasteiger partial charge is 0.224 e. The Morgan fingerprint density at radius 3 is 2.61 bits per heavy atom. The Hall–Kier alpha value is -2.07. The topological polar surface area (TPSA) is 37.4 Å². The molecule has 3 rings (SSSR count). The van der Waals surface area contributed by atoms with Crippen LogP contribution in [0, 0.1) is 0 Å². The summed E-state index contributed by atoms with van der Waals surface area (Å²) in [5, 5.41) is 0.174. The van der Waals surface area contributed by atoms with Gasteiger partial charge in [0.15, 0.2) is 5.12 Å². The zero-order chi connectivity index (χ0) is 16.2. The van der Waals surface area contributed by atoms with Crippen molar-refractivity contribution in [1.29, 1.82) is 0 Å². The first-order valence-corrected chi connectivity index (χ1v) is 8.59. The molecule has 0 aliphatic carbocycles. The Morgan fingerprint density at radius 1 is 1.13 bits per heavy atom. The van der Waals surface area contributed by atoms with Crippen molar-refractivity contribution in [2.45, 2.75) is 25.1 Å². The molecule has 1 fully saturated rings. The van der Waals surface area contributed by atoms with Crippen LogP contribution in [-0.2, 0) is 16.1 Å². The van der Waals surface area contributed by atoms with E-state index in [1.54, 1.807) is 6.92 Å². The number of hydrogen-bond acceptors (Lipinski definition) is 3. The van der Waals surface area contributed by atoms with Gasteiger partial charge in [0.1, 0.15) is 0 Å². The maximum Gasteiger partial charge on any atom is 0.224 e. The van der Waals surface area contributed by atoms with Gasteiger partial charge in [-0.15, -0.1) is 0 Å². The van der Waals surface area contributed by atoms with Crippen LogP contribution in [0.3, 0.4) is 0 Å². The molecule has 23 heavy (non-hydrogen) atoms. The standard InChI is InChI=1S/C19H19NO2S/c1-14(21)23-18-11-19(22)20(13-18)12-15-6-5-9-17(10-15)16-7-3-2-4-8-16/h2-10,18H,11-13H2,1H3. The van der Waals surface area contributed by atoms with Crippen molar-refractivity contribution >= 4 is 22.8 Å². The molecule has 1 amide bonds. The van der Waals surface area contributed by atoms with Gasteiger partial charge in [0, 0.05) is 31.7 Å². The fourth-order valence-corrected chi connectivity index (χ4v) is 3.85. The van der Waals surface area contributed by atoms with Crippen LogP contribution in [0.2, 0.25) is 0 Å². The lowest BCUT2D eigenvalue weighted by Gasteiger charge is -2.17. The summed E-state index contributed by atoms with van der Waals surface area (Å²) in [4.78, 5) is 25.2. The number of thioether (sulfide) groups is 1. The van der Waals surface area contributed by atoms with Gasteiger partial charge in [-0.2, -0.15) is 0 Å². The van der Waals surface area contributed by atoms with Crippen LogP contribution < -0.4 is 0 Å². The molecule has 1 saturated heterocycles. The Kier molecular flexibility index (Phi) is 4.82. The van der Waals surface area contributed by atoms with Crippen LogP contribution in [-0.4, -0.2) is 27.7 Å². The molecular weight excluding hydrogens is 306 g/mol. The highest BCUT2D eigenvalue weighted by Gasteiger charge is 2.30. The second-order valence-electron chi connectivity index (χ2n) is 5.78. The van der Waals surface area contributed by atoms with Crippen molar-refractivity contribution in [2.75, 3.05) is 6.54 Å². The van der Waals surface area contributed by atoms with Gasteiger partial charge in [0.25, 0.3) is 0 Å². The molecule has 1 heterocycles. The molecule has 0 aromatic heterocycles. The predicted octanol–water partition coefficient (Wildman–Crippen LogP) is 3.73. The molecule has 1 unspecified atom stereocenters. The Labute approximate surface area is 140 Å². The third-order valence-electron chi connectivity index (χ3n) is 3.92. The first-order valence-electron chi connectivity index (χ1n) is 7.71. The van der Waals surface area contributed by atoms with Crippen LogP contribution >= 0.6 is 11.8 Å². The lowest BCUT2D eigenvalue weighted by Crippen LogP contribution is -2.25. The predicted molar refractivity (Wildman–Crippen MR) is 94.0 cm³/mol. The lowest BCUT2D eigenvalue weighted by molar-refractivity contribution is -0.128. The minimum atomic E-state index is 0.0794. The number of nitrogens with zero attached hydrogens (tertiary/aromatic N) is 1. The van der Waals surface area contributed by atoms with Crippen molar-refractivity contribution in [3.63, 3.8) is 0 Å². The van der Waals surface area contributed by atoms with Gasteiger partial charge in [0.05, 0.1) is 0 Å². The van der Waals surface area contributed by atoms with Gasteiger partial charge >= 0.3 is 0 Å². The maximum atomic E-state index is 12.1. The van der Waals surface area contributed by atoms with Gasteiger partial charge in [-0.05, 0) is 22.8 Å². The summed E-state index contributed by atoms with van der Waals surface area (Å²) in [5.74, 6) is 0.133. The molecule has 2 aromatic rings. The van der Waals surface area contributed by atoms with Crippen molar-refractivity contribution in [3.8, 4) is 11.1 Å². The third-order valence-corrected chi connectivity index (χ3v) is 4.90. The van der Waals surface area contributed by atoms with Gasteiger partial charge in [-0.25, -0.2) is 0 Å². The van der Waals surface area contributed by atoms with E-state index in [2.05, 4.69) is 24.3 Å². The molecule has 0 bridgehead atoms. The number of rotatable bonds is 4. The fourth-order valence-electron chi connectivity index (χ4n) is 2.90. The Morgan fingerprint density at radius 2 is 1.87 bits per heavy atom. The summed E-state index contributed by atoms with van der Waals surface area (Å²) in [7, 11) is 0. The summed E-state index contributed by atoms with van der Waals surface area (Å²) in [6.45, 7) is 2.81. The third kappa shape index (κ3) is 4.02. The summed E-state index contributed by atoms with van der Waals surface area (Å²) in [6, 6.07) is 18.5.